The molecule has 2 aromatic carbocycles. The molecule has 0 saturated heterocycles. The molecule has 23 heavy (non-hydrogen) atoms. The maximum atomic E-state index is 11.7. The number of urea groups is 1. The Hall–Kier alpha value is -2.16. The van der Waals surface area contributed by atoms with Crippen molar-refractivity contribution >= 4 is 43.8 Å². The number of hydrogen-bond acceptors (Lipinski definition) is 3. The van der Waals surface area contributed by atoms with Crippen molar-refractivity contribution in [2.75, 3.05) is 5.32 Å². The molecule has 0 atom stereocenters. The van der Waals surface area contributed by atoms with E-state index in [0.717, 1.165) is 10.0 Å². The molecule has 0 aliphatic heterocycles. The number of carbonyl (C=O) groups is 1. The van der Waals surface area contributed by atoms with E-state index < -0.39 is 16.1 Å². The molecular formula is C15H13BrN2O4S. The molecule has 0 aromatic heterocycles. The predicted molar refractivity (Wildman–Crippen MR) is 91.6 cm³/mol. The normalized spacial score (nSPS) is 11.4. The number of halogens is 1. The van der Waals surface area contributed by atoms with Crippen molar-refractivity contribution in [2.45, 2.75) is 4.90 Å². The quantitative estimate of drug-likeness (QED) is 0.689. The lowest BCUT2D eigenvalue weighted by molar-refractivity contribution is 0.255. The van der Waals surface area contributed by atoms with Crippen molar-refractivity contribution in [1.82, 2.24) is 5.32 Å². The van der Waals surface area contributed by atoms with Crippen molar-refractivity contribution in [2.24, 2.45) is 0 Å². The van der Waals surface area contributed by atoms with Crippen molar-refractivity contribution in [3.8, 4) is 0 Å². The maximum absolute atomic E-state index is 11.7. The van der Waals surface area contributed by atoms with Crippen LogP contribution in [0.5, 0.6) is 0 Å². The smallest absolute Gasteiger partial charge is 0.314 e. The maximum Gasteiger partial charge on any atom is 0.323 e. The molecule has 0 spiro atoms. The highest BCUT2D eigenvalue weighted by Gasteiger charge is 2.08. The Labute approximate surface area is 142 Å². The van der Waals surface area contributed by atoms with Crippen molar-refractivity contribution < 1.29 is 17.8 Å². The van der Waals surface area contributed by atoms with Gasteiger partial charge in [-0.05, 0) is 48.0 Å². The molecule has 0 fully saturated rings. The highest BCUT2D eigenvalue weighted by atomic mass is 79.9. The van der Waals surface area contributed by atoms with Gasteiger partial charge in [-0.15, -0.1) is 0 Å². The average Bonchev–Trinajstić information content (AvgIpc) is 2.49. The van der Waals surface area contributed by atoms with E-state index >= 15 is 0 Å². The monoisotopic (exact) mass is 396 g/mol. The number of benzene rings is 2. The second-order valence-electron chi connectivity index (χ2n) is 4.48. The number of nitrogens with one attached hydrogen (secondary N) is 2. The lowest BCUT2D eigenvalue weighted by atomic mass is 10.2. The average molecular weight is 397 g/mol. The van der Waals surface area contributed by atoms with E-state index in [-0.39, 0.29) is 4.90 Å². The molecule has 0 heterocycles. The van der Waals surface area contributed by atoms with E-state index in [2.05, 4.69) is 26.6 Å². The molecule has 0 aliphatic rings. The van der Waals surface area contributed by atoms with Crippen LogP contribution >= 0.6 is 15.9 Å². The van der Waals surface area contributed by atoms with Crippen LogP contribution < -0.4 is 10.6 Å². The molecule has 8 heteroatoms. The Morgan fingerprint density at radius 1 is 1.04 bits per heavy atom. The number of hydrogen-bond donors (Lipinski definition) is 3. The van der Waals surface area contributed by atoms with Gasteiger partial charge in [-0.1, -0.05) is 28.1 Å². The second-order valence-corrected chi connectivity index (χ2v) is 6.82. The Kier molecular flexibility index (Phi) is 5.54. The number of anilines is 1. The fourth-order valence-corrected chi connectivity index (χ4v) is 2.41. The first kappa shape index (κ1) is 17.2. The summed E-state index contributed by atoms with van der Waals surface area (Å²) in [6.07, 6.45) is 3.22. The molecule has 2 rings (SSSR count). The van der Waals surface area contributed by atoms with Crippen LogP contribution in [0.2, 0.25) is 0 Å². The summed E-state index contributed by atoms with van der Waals surface area (Å²) in [5, 5.41) is 5.06. The molecule has 0 radical (unpaired) electrons. The first-order valence-corrected chi connectivity index (χ1v) is 8.65. The summed E-state index contributed by atoms with van der Waals surface area (Å²) < 4.78 is 31.6. The Balaban J connectivity index is 1.91. The first-order chi connectivity index (χ1) is 10.8. The van der Waals surface area contributed by atoms with Crippen molar-refractivity contribution in [3.63, 3.8) is 0 Å². The topological polar surface area (TPSA) is 95.5 Å². The van der Waals surface area contributed by atoms with Crippen molar-refractivity contribution in [3.05, 3.63) is 64.8 Å². The van der Waals surface area contributed by atoms with Gasteiger partial charge in [0.2, 0.25) is 0 Å². The third-order valence-corrected chi connectivity index (χ3v) is 4.17. The van der Waals surface area contributed by atoms with Crippen LogP contribution in [0.25, 0.3) is 6.08 Å². The molecule has 0 saturated carbocycles. The van der Waals surface area contributed by atoms with Crippen LogP contribution in [0.1, 0.15) is 5.56 Å². The highest BCUT2D eigenvalue weighted by molar-refractivity contribution is 9.10. The van der Waals surface area contributed by atoms with E-state index in [4.69, 9.17) is 4.55 Å². The summed E-state index contributed by atoms with van der Waals surface area (Å²) >= 11 is 3.33. The predicted octanol–water partition coefficient (Wildman–Crippen LogP) is 3.49. The Morgan fingerprint density at radius 2 is 1.65 bits per heavy atom. The van der Waals surface area contributed by atoms with Gasteiger partial charge in [-0.25, -0.2) is 4.79 Å². The zero-order chi connectivity index (χ0) is 16.9. The summed E-state index contributed by atoms with van der Waals surface area (Å²) in [6, 6.07) is 12.2. The summed E-state index contributed by atoms with van der Waals surface area (Å²) in [5.41, 5.74) is 1.32. The van der Waals surface area contributed by atoms with Gasteiger partial charge in [0.1, 0.15) is 0 Å². The molecule has 2 aromatic rings. The minimum atomic E-state index is -4.24. The van der Waals surface area contributed by atoms with E-state index in [1.807, 2.05) is 24.3 Å². The number of carbonyl (C=O) groups excluding carboxylic acids is 1. The first-order valence-electron chi connectivity index (χ1n) is 6.42. The second kappa shape index (κ2) is 7.40. The SMILES string of the molecule is O=C(N/C=C/c1ccc(Br)cc1)Nc1ccc(S(=O)(=O)O)cc1. The molecule has 2 amide bonds. The Morgan fingerprint density at radius 3 is 2.22 bits per heavy atom. The minimum Gasteiger partial charge on any atom is -0.314 e. The summed E-state index contributed by atoms with van der Waals surface area (Å²) in [6.45, 7) is 0. The van der Waals surface area contributed by atoms with E-state index in [1.165, 1.54) is 30.5 Å². The van der Waals surface area contributed by atoms with Crippen LogP contribution in [-0.2, 0) is 10.1 Å². The lowest BCUT2D eigenvalue weighted by Gasteiger charge is -2.05. The largest absolute Gasteiger partial charge is 0.323 e. The third-order valence-electron chi connectivity index (χ3n) is 2.77. The fraction of sp³-hybridized carbons (Fsp3) is 0. The van der Waals surface area contributed by atoms with Crippen LogP contribution in [0.4, 0.5) is 10.5 Å². The summed E-state index contributed by atoms with van der Waals surface area (Å²) in [5.74, 6) is 0. The summed E-state index contributed by atoms with van der Waals surface area (Å²) in [7, 11) is -4.24. The van der Waals surface area contributed by atoms with Gasteiger partial charge in [0.15, 0.2) is 0 Å². The molecule has 0 aliphatic carbocycles. The third kappa shape index (κ3) is 5.51. The van der Waals surface area contributed by atoms with Gasteiger partial charge in [-0.3, -0.25) is 4.55 Å². The molecule has 0 bridgehead atoms. The number of rotatable bonds is 4. The number of amides is 2. The Bertz CT molecular complexity index is 816. The van der Waals surface area contributed by atoms with E-state index in [9.17, 15) is 13.2 Å². The standard InChI is InChI=1S/C15H13BrN2O4S/c16-12-3-1-11(2-4-12)9-10-17-15(19)18-13-5-7-14(8-6-13)23(20,21)22/h1-10H,(H2,17,18,19)(H,20,21,22)/b10-9+. The minimum absolute atomic E-state index is 0.237. The van der Waals surface area contributed by atoms with Crippen LogP contribution in [-0.4, -0.2) is 19.0 Å². The fourth-order valence-electron chi connectivity index (χ4n) is 1.66. The van der Waals surface area contributed by atoms with Gasteiger partial charge in [0.25, 0.3) is 10.1 Å². The molecule has 6 nitrogen and oxygen atoms in total. The van der Waals surface area contributed by atoms with Crippen LogP contribution in [0, 0.1) is 0 Å². The van der Waals surface area contributed by atoms with Gasteiger partial charge in [0.05, 0.1) is 4.90 Å². The molecule has 0 unspecified atom stereocenters. The molecule has 3 N–H and O–H groups in total. The highest BCUT2D eigenvalue weighted by Crippen LogP contribution is 2.13. The van der Waals surface area contributed by atoms with Gasteiger partial charge < -0.3 is 10.6 Å². The molecule has 120 valence electrons. The van der Waals surface area contributed by atoms with E-state index in [0.29, 0.717) is 5.69 Å². The van der Waals surface area contributed by atoms with Crippen LogP contribution in [0.3, 0.4) is 0 Å². The van der Waals surface area contributed by atoms with Crippen molar-refractivity contribution in [1.29, 1.82) is 0 Å². The van der Waals surface area contributed by atoms with Gasteiger partial charge >= 0.3 is 6.03 Å². The lowest BCUT2D eigenvalue weighted by Crippen LogP contribution is -2.23. The molecular weight excluding hydrogens is 384 g/mol. The van der Waals surface area contributed by atoms with Gasteiger partial charge in [0, 0.05) is 16.4 Å². The zero-order valence-electron chi connectivity index (χ0n) is 11.7. The summed E-state index contributed by atoms with van der Waals surface area (Å²) in [4.78, 5) is 11.5. The zero-order valence-corrected chi connectivity index (χ0v) is 14.1. The van der Waals surface area contributed by atoms with Crippen LogP contribution in [0.15, 0.2) is 64.1 Å². The van der Waals surface area contributed by atoms with Gasteiger partial charge in [-0.2, -0.15) is 8.42 Å². The van der Waals surface area contributed by atoms with E-state index in [1.54, 1.807) is 6.08 Å².